The molecule has 0 aliphatic carbocycles. The van der Waals surface area contributed by atoms with Gasteiger partial charge in [-0.1, -0.05) is 15.9 Å². The standard InChI is InChI=1S/C11H16BrNO2/c1-9-4-5-11(10(8-12)13-9)15-7-3-6-14-2/h4-5H,3,6-8H2,1-2H3. The molecule has 4 heteroatoms. The first-order valence-corrected chi connectivity index (χ1v) is 6.04. The van der Waals surface area contributed by atoms with E-state index in [1.807, 2.05) is 19.1 Å². The molecule has 0 fully saturated rings. The summed E-state index contributed by atoms with van der Waals surface area (Å²) in [6.45, 7) is 3.36. The molecule has 0 aromatic carbocycles. The molecular formula is C11H16BrNO2. The van der Waals surface area contributed by atoms with Gasteiger partial charge in [0.25, 0.3) is 0 Å². The zero-order valence-electron chi connectivity index (χ0n) is 9.12. The Hall–Kier alpha value is -0.610. The van der Waals surface area contributed by atoms with Crippen molar-refractivity contribution in [2.24, 2.45) is 0 Å². The van der Waals surface area contributed by atoms with Crippen molar-refractivity contribution in [3.63, 3.8) is 0 Å². The first kappa shape index (κ1) is 12.5. The molecule has 3 nitrogen and oxygen atoms in total. The lowest BCUT2D eigenvalue weighted by atomic mass is 10.3. The highest BCUT2D eigenvalue weighted by Gasteiger charge is 2.03. The predicted molar refractivity (Wildman–Crippen MR) is 63.6 cm³/mol. The predicted octanol–water partition coefficient (Wildman–Crippen LogP) is 2.70. The highest BCUT2D eigenvalue weighted by molar-refractivity contribution is 9.08. The second kappa shape index (κ2) is 6.80. The number of aromatic nitrogens is 1. The number of methoxy groups -OCH3 is 1. The van der Waals surface area contributed by atoms with Crippen molar-refractivity contribution in [3.8, 4) is 5.75 Å². The average molecular weight is 274 g/mol. The number of hydrogen-bond acceptors (Lipinski definition) is 3. The van der Waals surface area contributed by atoms with Crippen molar-refractivity contribution in [3.05, 3.63) is 23.5 Å². The molecule has 0 aliphatic rings. The Balaban J connectivity index is 2.52. The van der Waals surface area contributed by atoms with Crippen molar-refractivity contribution in [2.45, 2.75) is 18.7 Å². The molecule has 0 bridgehead atoms. The van der Waals surface area contributed by atoms with E-state index in [2.05, 4.69) is 20.9 Å². The van der Waals surface area contributed by atoms with Gasteiger partial charge in [-0.3, -0.25) is 4.98 Å². The summed E-state index contributed by atoms with van der Waals surface area (Å²) < 4.78 is 10.6. The van der Waals surface area contributed by atoms with Crippen LogP contribution in [0, 0.1) is 6.92 Å². The van der Waals surface area contributed by atoms with E-state index < -0.39 is 0 Å². The summed E-state index contributed by atoms with van der Waals surface area (Å²) in [6, 6.07) is 3.92. The van der Waals surface area contributed by atoms with E-state index in [-0.39, 0.29) is 0 Å². The Morgan fingerprint density at radius 1 is 1.33 bits per heavy atom. The van der Waals surface area contributed by atoms with E-state index in [4.69, 9.17) is 9.47 Å². The van der Waals surface area contributed by atoms with Gasteiger partial charge in [0.15, 0.2) is 0 Å². The smallest absolute Gasteiger partial charge is 0.141 e. The molecule has 0 saturated heterocycles. The van der Waals surface area contributed by atoms with E-state index in [1.54, 1.807) is 7.11 Å². The van der Waals surface area contributed by atoms with Gasteiger partial charge < -0.3 is 9.47 Å². The maximum Gasteiger partial charge on any atom is 0.141 e. The van der Waals surface area contributed by atoms with E-state index in [0.717, 1.165) is 30.2 Å². The largest absolute Gasteiger partial charge is 0.492 e. The van der Waals surface area contributed by atoms with Crippen LogP contribution in [-0.4, -0.2) is 25.3 Å². The molecule has 0 saturated carbocycles. The van der Waals surface area contributed by atoms with E-state index >= 15 is 0 Å². The summed E-state index contributed by atoms with van der Waals surface area (Å²) in [4.78, 5) is 4.39. The molecule has 1 aromatic heterocycles. The normalized spacial score (nSPS) is 10.3. The summed E-state index contributed by atoms with van der Waals surface area (Å²) in [5, 5.41) is 0.717. The SMILES string of the molecule is COCCCOc1ccc(C)nc1CBr. The van der Waals surface area contributed by atoms with Crippen LogP contribution in [0.3, 0.4) is 0 Å². The molecule has 0 N–H and O–H groups in total. The number of hydrogen-bond donors (Lipinski definition) is 0. The van der Waals surface area contributed by atoms with Crippen LogP contribution in [0.1, 0.15) is 17.8 Å². The number of pyridine rings is 1. The summed E-state index contributed by atoms with van der Waals surface area (Å²) in [5.74, 6) is 0.855. The maximum atomic E-state index is 5.61. The lowest BCUT2D eigenvalue weighted by Gasteiger charge is -2.09. The van der Waals surface area contributed by atoms with Crippen LogP contribution in [-0.2, 0) is 10.1 Å². The Kier molecular flexibility index (Phi) is 5.65. The molecular weight excluding hydrogens is 258 g/mol. The van der Waals surface area contributed by atoms with Crippen LogP contribution >= 0.6 is 15.9 Å². The van der Waals surface area contributed by atoms with Crippen molar-refractivity contribution in [1.29, 1.82) is 0 Å². The highest BCUT2D eigenvalue weighted by Crippen LogP contribution is 2.19. The van der Waals surface area contributed by atoms with Crippen LogP contribution in [0.5, 0.6) is 5.75 Å². The van der Waals surface area contributed by atoms with Gasteiger partial charge in [0, 0.05) is 31.2 Å². The Morgan fingerprint density at radius 2 is 2.13 bits per heavy atom. The fourth-order valence-corrected chi connectivity index (χ4v) is 1.61. The van der Waals surface area contributed by atoms with Gasteiger partial charge in [0.1, 0.15) is 5.75 Å². The quantitative estimate of drug-likeness (QED) is 0.590. The average Bonchev–Trinajstić information content (AvgIpc) is 2.26. The molecule has 0 amide bonds. The van der Waals surface area contributed by atoms with Gasteiger partial charge in [-0.2, -0.15) is 0 Å². The third kappa shape index (κ3) is 4.18. The molecule has 0 radical (unpaired) electrons. The molecule has 0 aliphatic heterocycles. The Labute approximate surface area is 98.9 Å². The first-order valence-electron chi connectivity index (χ1n) is 4.92. The van der Waals surface area contributed by atoms with Crippen molar-refractivity contribution in [1.82, 2.24) is 4.98 Å². The minimum absolute atomic E-state index is 0.665. The van der Waals surface area contributed by atoms with Crippen molar-refractivity contribution < 1.29 is 9.47 Å². The minimum Gasteiger partial charge on any atom is -0.492 e. The topological polar surface area (TPSA) is 31.4 Å². The van der Waals surface area contributed by atoms with E-state index in [9.17, 15) is 0 Å². The monoisotopic (exact) mass is 273 g/mol. The summed E-state index contributed by atoms with van der Waals surface area (Å²) in [7, 11) is 1.69. The Bertz CT molecular complexity index is 305. The number of ether oxygens (including phenoxy) is 2. The number of aryl methyl sites for hydroxylation is 1. The number of rotatable bonds is 6. The molecule has 84 valence electrons. The van der Waals surface area contributed by atoms with Crippen LogP contribution in [0.2, 0.25) is 0 Å². The van der Waals surface area contributed by atoms with E-state index in [1.165, 1.54) is 0 Å². The van der Waals surface area contributed by atoms with Gasteiger partial charge in [-0.15, -0.1) is 0 Å². The molecule has 0 spiro atoms. The number of nitrogens with zero attached hydrogens (tertiary/aromatic N) is 1. The second-order valence-corrected chi connectivity index (χ2v) is 3.79. The second-order valence-electron chi connectivity index (χ2n) is 3.23. The maximum absolute atomic E-state index is 5.61. The third-order valence-corrected chi connectivity index (χ3v) is 2.48. The van der Waals surface area contributed by atoms with Gasteiger partial charge in [-0.25, -0.2) is 0 Å². The van der Waals surface area contributed by atoms with E-state index in [0.29, 0.717) is 11.9 Å². The fourth-order valence-electron chi connectivity index (χ4n) is 1.21. The molecule has 1 rings (SSSR count). The molecule has 0 atom stereocenters. The number of alkyl halides is 1. The summed E-state index contributed by atoms with van der Waals surface area (Å²) >= 11 is 3.40. The summed E-state index contributed by atoms with van der Waals surface area (Å²) in [5.41, 5.74) is 1.96. The Morgan fingerprint density at radius 3 is 2.80 bits per heavy atom. The summed E-state index contributed by atoms with van der Waals surface area (Å²) in [6.07, 6.45) is 0.895. The molecule has 15 heavy (non-hydrogen) atoms. The van der Waals surface area contributed by atoms with Crippen LogP contribution in [0.25, 0.3) is 0 Å². The van der Waals surface area contributed by atoms with Gasteiger partial charge in [-0.05, 0) is 19.1 Å². The highest BCUT2D eigenvalue weighted by atomic mass is 79.9. The lowest BCUT2D eigenvalue weighted by Crippen LogP contribution is -2.04. The van der Waals surface area contributed by atoms with Gasteiger partial charge in [0.2, 0.25) is 0 Å². The number of halogens is 1. The minimum atomic E-state index is 0.665. The third-order valence-electron chi connectivity index (χ3n) is 1.95. The zero-order chi connectivity index (χ0) is 11.1. The lowest BCUT2D eigenvalue weighted by molar-refractivity contribution is 0.171. The van der Waals surface area contributed by atoms with Crippen LogP contribution in [0.15, 0.2) is 12.1 Å². The zero-order valence-corrected chi connectivity index (χ0v) is 10.7. The molecule has 0 unspecified atom stereocenters. The van der Waals surface area contributed by atoms with Crippen LogP contribution in [0.4, 0.5) is 0 Å². The first-order chi connectivity index (χ1) is 7.27. The van der Waals surface area contributed by atoms with Gasteiger partial charge >= 0.3 is 0 Å². The van der Waals surface area contributed by atoms with Crippen molar-refractivity contribution >= 4 is 15.9 Å². The van der Waals surface area contributed by atoms with Crippen LogP contribution < -0.4 is 4.74 Å². The fraction of sp³-hybridized carbons (Fsp3) is 0.545. The molecule has 1 heterocycles. The van der Waals surface area contributed by atoms with Gasteiger partial charge in [0.05, 0.1) is 12.3 Å². The molecule has 1 aromatic rings. The van der Waals surface area contributed by atoms with Crippen molar-refractivity contribution in [2.75, 3.05) is 20.3 Å².